The van der Waals surface area contributed by atoms with E-state index in [0.29, 0.717) is 24.9 Å². The molecule has 1 saturated heterocycles. The van der Waals surface area contributed by atoms with Crippen molar-refractivity contribution in [3.63, 3.8) is 0 Å². The molecule has 2 aliphatic heterocycles. The molecule has 3 heterocycles. The van der Waals surface area contributed by atoms with E-state index in [2.05, 4.69) is 27.2 Å². The lowest BCUT2D eigenvalue weighted by atomic mass is 10.2. The number of morpholine rings is 1. The minimum Gasteiger partial charge on any atom is -0.377 e. The van der Waals surface area contributed by atoms with E-state index in [1.807, 2.05) is 23.9 Å². The van der Waals surface area contributed by atoms with Gasteiger partial charge in [-0.3, -0.25) is 0 Å². The Labute approximate surface area is 143 Å². The summed E-state index contributed by atoms with van der Waals surface area (Å²) in [7, 11) is -0.311. The monoisotopic (exact) mass is 350 g/mol. The van der Waals surface area contributed by atoms with E-state index in [4.69, 9.17) is 9.72 Å². The molecule has 24 heavy (non-hydrogen) atoms. The highest BCUT2D eigenvalue weighted by molar-refractivity contribution is 7.92. The summed E-state index contributed by atoms with van der Waals surface area (Å²) in [5.74, 6) is 1.92. The lowest BCUT2D eigenvalue weighted by Gasteiger charge is -2.34. The predicted octanol–water partition coefficient (Wildman–Crippen LogP) is 1.41. The van der Waals surface area contributed by atoms with Crippen LogP contribution in [0.3, 0.4) is 0 Å². The first-order valence-corrected chi connectivity index (χ1v) is 10.3. The normalized spacial score (nSPS) is 21.5. The zero-order valence-electron chi connectivity index (χ0n) is 14.6. The van der Waals surface area contributed by atoms with Crippen LogP contribution in [0.25, 0.3) is 0 Å². The van der Waals surface area contributed by atoms with Gasteiger partial charge < -0.3 is 9.64 Å². The molecule has 0 aromatic carbocycles. The van der Waals surface area contributed by atoms with Crippen LogP contribution in [0.1, 0.15) is 19.2 Å². The maximum absolute atomic E-state index is 12.1. The van der Waals surface area contributed by atoms with Gasteiger partial charge in [0.05, 0.1) is 25.7 Å². The van der Waals surface area contributed by atoms with Gasteiger partial charge in [0.1, 0.15) is 12.9 Å². The van der Waals surface area contributed by atoms with E-state index >= 15 is 0 Å². The largest absolute Gasteiger partial charge is 0.377 e. The molecule has 2 aliphatic rings. The Morgan fingerprint density at radius 3 is 2.83 bits per heavy atom. The highest BCUT2D eigenvalue weighted by atomic mass is 32.2. The topological polar surface area (TPSA) is 70.7 Å². The van der Waals surface area contributed by atoms with Crippen molar-refractivity contribution < 1.29 is 13.5 Å². The number of aromatic nitrogens is 2. The average molecular weight is 350 g/mol. The number of hydrogen-bond acceptors (Lipinski definition) is 6. The van der Waals surface area contributed by atoms with Crippen LogP contribution in [0.2, 0.25) is 0 Å². The molecule has 1 aromatic heterocycles. The molecule has 0 unspecified atom stereocenters. The number of rotatable bonds is 3. The zero-order chi connectivity index (χ0) is 17.3. The third kappa shape index (κ3) is 3.81. The van der Waals surface area contributed by atoms with Crippen molar-refractivity contribution >= 4 is 27.1 Å². The summed E-state index contributed by atoms with van der Waals surface area (Å²) in [6.45, 7) is 4.22. The molecule has 0 aliphatic carbocycles. The Morgan fingerprint density at radius 1 is 1.42 bits per heavy atom. The smallest absolute Gasteiger partial charge is 0.230 e. The van der Waals surface area contributed by atoms with Crippen molar-refractivity contribution in [3.8, 4) is 0 Å². The van der Waals surface area contributed by atoms with Crippen molar-refractivity contribution in [1.29, 1.82) is 0 Å². The first-order valence-electron chi connectivity index (χ1n) is 8.00. The third-order valence-electron chi connectivity index (χ3n) is 4.00. The van der Waals surface area contributed by atoms with Crippen LogP contribution >= 0.6 is 0 Å². The molecule has 3 rings (SSSR count). The Bertz CT molecular complexity index is 816. The van der Waals surface area contributed by atoms with Gasteiger partial charge >= 0.3 is 0 Å². The minimum atomic E-state index is -2.29. The van der Waals surface area contributed by atoms with Gasteiger partial charge in [-0.2, -0.15) is 4.36 Å². The Balaban J connectivity index is 2.10. The van der Waals surface area contributed by atoms with Gasteiger partial charge in [0, 0.05) is 34.9 Å². The summed E-state index contributed by atoms with van der Waals surface area (Å²) in [5.41, 5.74) is 1.02. The molecule has 8 heteroatoms. The fourth-order valence-electron chi connectivity index (χ4n) is 2.84. The molecule has 0 bridgehead atoms. The summed E-state index contributed by atoms with van der Waals surface area (Å²) in [5, 5.41) is 0. The molecule has 0 amide bonds. The summed E-state index contributed by atoms with van der Waals surface area (Å²) < 4.78 is 23.9. The molecule has 7 nitrogen and oxygen atoms in total. The van der Waals surface area contributed by atoms with Gasteiger partial charge in [-0.15, -0.1) is 0 Å². The van der Waals surface area contributed by atoms with E-state index in [1.54, 1.807) is 12.5 Å². The standard InChI is InChI=1S/C16H24N5O2S/c1-12-11-23-9-8-21(12)15-10-14(19-24(3,4)22)17-16(18-15)13-6-5-7-20(13)2/h5,7,10,12H,6,8-9,11H2,1-4H3/q+1/t12-/m1/s1. The summed E-state index contributed by atoms with van der Waals surface area (Å²) in [6, 6.07) is 2.05. The van der Waals surface area contributed by atoms with Crippen molar-refractivity contribution in [2.24, 2.45) is 4.36 Å². The second kappa shape index (κ2) is 6.60. The van der Waals surface area contributed by atoms with E-state index in [1.165, 1.54) is 0 Å². The summed E-state index contributed by atoms with van der Waals surface area (Å²) in [6.07, 6.45) is 8.08. The van der Waals surface area contributed by atoms with Crippen LogP contribution in [-0.2, 0) is 14.5 Å². The van der Waals surface area contributed by atoms with E-state index in [-0.39, 0.29) is 6.04 Å². The van der Waals surface area contributed by atoms with Crippen molar-refractivity contribution in [1.82, 2.24) is 9.97 Å². The van der Waals surface area contributed by atoms with Gasteiger partial charge in [-0.05, 0) is 13.0 Å². The highest BCUT2D eigenvalue weighted by Gasteiger charge is 2.25. The number of ether oxygens (including phenoxy) is 1. The van der Waals surface area contributed by atoms with Gasteiger partial charge in [0.2, 0.25) is 11.5 Å². The lowest BCUT2D eigenvalue weighted by Crippen LogP contribution is -2.44. The number of hydrogen-bond donors (Lipinski definition) is 0. The molecular weight excluding hydrogens is 326 g/mol. The van der Waals surface area contributed by atoms with E-state index < -0.39 is 9.73 Å². The van der Waals surface area contributed by atoms with Gasteiger partial charge in [-0.1, -0.05) is 0 Å². The first kappa shape index (κ1) is 17.0. The average Bonchev–Trinajstić information content (AvgIpc) is 2.92. The number of nitrogens with zero attached hydrogens (tertiary/aromatic N) is 5. The second-order valence-corrected chi connectivity index (χ2v) is 8.99. The second-order valence-electron chi connectivity index (χ2n) is 6.44. The number of anilines is 1. The summed E-state index contributed by atoms with van der Waals surface area (Å²) >= 11 is 0. The van der Waals surface area contributed by atoms with Crippen LogP contribution in [0, 0.1) is 0 Å². The van der Waals surface area contributed by atoms with E-state index in [9.17, 15) is 4.21 Å². The van der Waals surface area contributed by atoms with Crippen LogP contribution in [0.4, 0.5) is 11.6 Å². The highest BCUT2D eigenvalue weighted by Crippen LogP contribution is 2.23. The van der Waals surface area contributed by atoms with Crippen LogP contribution in [0.15, 0.2) is 22.7 Å². The lowest BCUT2D eigenvalue weighted by molar-refractivity contribution is -0.418. The molecule has 130 valence electrons. The molecule has 0 spiro atoms. The quantitative estimate of drug-likeness (QED) is 0.771. The van der Waals surface area contributed by atoms with Crippen molar-refractivity contribution in [2.45, 2.75) is 19.4 Å². The van der Waals surface area contributed by atoms with Gasteiger partial charge in [0.15, 0.2) is 12.0 Å². The maximum Gasteiger partial charge on any atom is 0.230 e. The van der Waals surface area contributed by atoms with Crippen molar-refractivity contribution in [3.05, 3.63) is 24.2 Å². The van der Waals surface area contributed by atoms with E-state index in [0.717, 1.165) is 24.5 Å². The van der Waals surface area contributed by atoms with Crippen LogP contribution in [0.5, 0.6) is 0 Å². The maximum atomic E-state index is 12.1. The molecular formula is C16H24N5O2S+. The van der Waals surface area contributed by atoms with Gasteiger partial charge in [-0.25, -0.2) is 18.8 Å². The Kier molecular flexibility index (Phi) is 4.69. The molecule has 1 aromatic rings. The number of allylic oxidation sites excluding steroid dienone is 1. The van der Waals surface area contributed by atoms with Crippen molar-refractivity contribution in [2.75, 3.05) is 44.2 Å². The Hall–Kier alpha value is -1.80. The third-order valence-corrected chi connectivity index (χ3v) is 4.63. The van der Waals surface area contributed by atoms with Gasteiger partial charge in [0.25, 0.3) is 0 Å². The van der Waals surface area contributed by atoms with Crippen LogP contribution < -0.4 is 4.90 Å². The minimum absolute atomic E-state index is 0.228. The predicted molar refractivity (Wildman–Crippen MR) is 95.8 cm³/mol. The first-order chi connectivity index (χ1) is 11.3. The zero-order valence-corrected chi connectivity index (χ0v) is 15.4. The fraction of sp³-hybridized carbons (Fsp3) is 0.562. The molecule has 1 fully saturated rings. The van der Waals surface area contributed by atoms with Crippen LogP contribution in [-0.4, -0.2) is 69.8 Å². The molecule has 0 N–H and O–H groups in total. The molecule has 0 radical (unpaired) electrons. The molecule has 1 atom stereocenters. The summed E-state index contributed by atoms with van der Waals surface area (Å²) in [4.78, 5) is 11.5. The fourth-order valence-corrected chi connectivity index (χ4v) is 3.39. The SMILES string of the molecule is C[C@@H]1COCCN1c1cc(N=S(C)(C)=O)nc(C2=[N+](C)C=CC2)n1. The molecule has 0 saturated carbocycles. The Morgan fingerprint density at radius 2 is 2.21 bits per heavy atom.